The van der Waals surface area contributed by atoms with Gasteiger partial charge < -0.3 is 19.6 Å². The predicted molar refractivity (Wildman–Crippen MR) is 85.0 cm³/mol. The SMILES string of the molecule is Cc1cc(C(=O)NCC(=O)N2CCC[C@@H]2c2ccc[nH]2)c(C)o1. The summed E-state index contributed by atoms with van der Waals surface area (Å²) in [5.41, 5.74) is 1.53. The van der Waals surface area contributed by atoms with E-state index in [0.717, 1.165) is 25.1 Å². The maximum atomic E-state index is 12.5. The summed E-state index contributed by atoms with van der Waals surface area (Å²) in [7, 11) is 0. The number of amides is 2. The first-order chi connectivity index (χ1) is 11.1. The van der Waals surface area contributed by atoms with Crippen molar-refractivity contribution >= 4 is 11.8 Å². The number of aromatic nitrogens is 1. The highest BCUT2D eigenvalue weighted by Crippen LogP contribution is 2.30. The summed E-state index contributed by atoms with van der Waals surface area (Å²) in [6.07, 6.45) is 3.78. The van der Waals surface area contributed by atoms with Gasteiger partial charge in [-0.2, -0.15) is 0 Å². The van der Waals surface area contributed by atoms with E-state index in [4.69, 9.17) is 4.42 Å². The van der Waals surface area contributed by atoms with Crippen molar-refractivity contribution in [2.75, 3.05) is 13.1 Å². The number of likely N-dealkylation sites (tertiary alicyclic amines) is 1. The lowest BCUT2D eigenvalue weighted by Gasteiger charge is -2.24. The van der Waals surface area contributed by atoms with Gasteiger partial charge in [0.25, 0.3) is 5.91 Å². The molecule has 1 fully saturated rings. The number of hydrogen-bond donors (Lipinski definition) is 2. The largest absolute Gasteiger partial charge is 0.466 e. The maximum Gasteiger partial charge on any atom is 0.255 e. The first-order valence-electron chi connectivity index (χ1n) is 7.84. The minimum Gasteiger partial charge on any atom is -0.466 e. The number of nitrogens with zero attached hydrogens (tertiary/aromatic N) is 1. The monoisotopic (exact) mass is 315 g/mol. The Bertz CT molecular complexity index is 703. The molecule has 1 aliphatic rings. The fraction of sp³-hybridized carbons (Fsp3) is 0.412. The molecule has 6 heteroatoms. The van der Waals surface area contributed by atoms with Crippen LogP contribution in [0.1, 0.15) is 46.5 Å². The molecule has 1 atom stereocenters. The van der Waals surface area contributed by atoms with Crippen LogP contribution < -0.4 is 5.32 Å². The Morgan fingerprint density at radius 2 is 2.26 bits per heavy atom. The van der Waals surface area contributed by atoms with Crippen molar-refractivity contribution in [3.05, 3.63) is 47.2 Å². The molecule has 0 bridgehead atoms. The highest BCUT2D eigenvalue weighted by Gasteiger charge is 2.30. The number of rotatable bonds is 4. The molecule has 2 aromatic heterocycles. The summed E-state index contributed by atoms with van der Waals surface area (Å²) in [5, 5.41) is 2.70. The average molecular weight is 315 g/mol. The second kappa shape index (κ2) is 6.32. The minimum absolute atomic E-state index is 0.000288. The van der Waals surface area contributed by atoms with Crippen molar-refractivity contribution < 1.29 is 14.0 Å². The van der Waals surface area contributed by atoms with Crippen LogP contribution in [0.3, 0.4) is 0 Å². The molecule has 1 aliphatic heterocycles. The van der Waals surface area contributed by atoms with Gasteiger partial charge in [-0.25, -0.2) is 0 Å². The summed E-state index contributed by atoms with van der Waals surface area (Å²) in [6, 6.07) is 5.69. The van der Waals surface area contributed by atoms with Crippen LogP contribution in [-0.4, -0.2) is 34.8 Å². The summed E-state index contributed by atoms with van der Waals surface area (Å²) in [5.74, 6) is 0.917. The van der Waals surface area contributed by atoms with Crippen LogP contribution in [0.5, 0.6) is 0 Å². The number of aryl methyl sites for hydroxylation is 2. The Hall–Kier alpha value is -2.50. The molecule has 3 rings (SSSR count). The third-order valence-corrected chi connectivity index (χ3v) is 4.24. The van der Waals surface area contributed by atoms with Crippen molar-refractivity contribution in [1.29, 1.82) is 0 Å². The van der Waals surface area contributed by atoms with E-state index >= 15 is 0 Å². The molecule has 0 saturated carbocycles. The molecule has 2 aromatic rings. The number of hydrogen-bond acceptors (Lipinski definition) is 3. The number of nitrogens with one attached hydrogen (secondary N) is 2. The van der Waals surface area contributed by atoms with Crippen LogP contribution in [0.4, 0.5) is 0 Å². The topological polar surface area (TPSA) is 78.3 Å². The zero-order valence-electron chi connectivity index (χ0n) is 13.4. The van der Waals surface area contributed by atoms with Gasteiger partial charge in [-0.1, -0.05) is 0 Å². The Morgan fingerprint density at radius 1 is 1.43 bits per heavy atom. The molecule has 6 nitrogen and oxygen atoms in total. The summed E-state index contributed by atoms with van der Waals surface area (Å²) >= 11 is 0. The van der Waals surface area contributed by atoms with Gasteiger partial charge in [0.1, 0.15) is 11.5 Å². The maximum absolute atomic E-state index is 12.5. The fourth-order valence-electron chi connectivity index (χ4n) is 3.15. The van der Waals surface area contributed by atoms with Crippen molar-refractivity contribution in [2.45, 2.75) is 32.7 Å². The molecular formula is C17H21N3O3. The van der Waals surface area contributed by atoms with Crippen molar-refractivity contribution in [2.24, 2.45) is 0 Å². The second-order valence-corrected chi connectivity index (χ2v) is 5.88. The van der Waals surface area contributed by atoms with Gasteiger partial charge in [0.05, 0.1) is 18.2 Å². The Kier molecular flexibility index (Phi) is 4.23. The summed E-state index contributed by atoms with van der Waals surface area (Å²) in [6.45, 7) is 4.26. The first kappa shape index (κ1) is 15.4. The lowest BCUT2D eigenvalue weighted by Crippen LogP contribution is -2.40. The van der Waals surface area contributed by atoms with Crippen LogP contribution in [0.2, 0.25) is 0 Å². The van der Waals surface area contributed by atoms with Crippen LogP contribution in [0.15, 0.2) is 28.8 Å². The quantitative estimate of drug-likeness (QED) is 0.909. The van der Waals surface area contributed by atoms with E-state index in [1.54, 1.807) is 19.9 Å². The molecule has 2 N–H and O–H groups in total. The Morgan fingerprint density at radius 3 is 2.91 bits per heavy atom. The van der Waals surface area contributed by atoms with E-state index in [-0.39, 0.29) is 24.4 Å². The zero-order chi connectivity index (χ0) is 16.4. The Labute approximate surface area is 134 Å². The molecule has 0 radical (unpaired) electrons. The molecule has 0 unspecified atom stereocenters. The lowest BCUT2D eigenvalue weighted by molar-refractivity contribution is -0.131. The van der Waals surface area contributed by atoms with Crippen LogP contribution in [-0.2, 0) is 4.79 Å². The number of H-pyrrole nitrogens is 1. The van der Waals surface area contributed by atoms with Crippen molar-refractivity contribution in [3.8, 4) is 0 Å². The fourth-order valence-corrected chi connectivity index (χ4v) is 3.15. The summed E-state index contributed by atoms with van der Waals surface area (Å²) < 4.78 is 5.35. The van der Waals surface area contributed by atoms with Gasteiger partial charge in [0.2, 0.25) is 5.91 Å². The Balaban J connectivity index is 1.61. The molecule has 23 heavy (non-hydrogen) atoms. The van der Waals surface area contributed by atoms with Gasteiger partial charge in [0.15, 0.2) is 0 Å². The smallest absolute Gasteiger partial charge is 0.255 e. The van der Waals surface area contributed by atoms with Gasteiger partial charge >= 0.3 is 0 Å². The van der Waals surface area contributed by atoms with Gasteiger partial charge in [-0.05, 0) is 44.9 Å². The molecule has 122 valence electrons. The minimum atomic E-state index is -0.275. The van der Waals surface area contributed by atoms with E-state index in [1.807, 2.05) is 23.2 Å². The zero-order valence-corrected chi connectivity index (χ0v) is 13.4. The van der Waals surface area contributed by atoms with E-state index in [0.29, 0.717) is 17.1 Å². The van der Waals surface area contributed by atoms with Gasteiger partial charge in [0, 0.05) is 18.4 Å². The molecule has 3 heterocycles. The lowest BCUT2D eigenvalue weighted by atomic mass is 10.1. The summed E-state index contributed by atoms with van der Waals surface area (Å²) in [4.78, 5) is 29.6. The number of furan rings is 1. The molecule has 0 aromatic carbocycles. The third-order valence-electron chi connectivity index (χ3n) is 4.24. The average Bonchev–Trinajstić information content (AvgIpc) is 3.23. The van der Waals surface area contributed by atoms with E-state index in [2.05, 4.69) is 10.3 Å². The second-order valence-electron chi connectivity index (χ2n) is 5.88. The number of aromatic amines is 1. The van der Waals surface area contributed by atoms with Crippen molar-refractivity contribution in [1.82, 2.24) is 15.2 Å². The van der Waals surface area contributed by atoms with E-state index in [1.165, 1.54) is 0 Å². The van der Waals surface area contributed by atoms with Gasteiger partial charge in [-0.15, -0.1) is 0 Å². The highest BCUT2D eigenvalue weighted by atomic mass is 16.3. The molecule has 0 spiro atoms. The van der Waals surface area contributed by atoms with Crippen LogP contribution in [0, 0.1) is 13.8 Å². The van der Waals surface area contributed by atoms with E-state index in [9.17, 15) is 9.59 Å². The number of carbonyl (C=O) groups is 2. The van der Waals surface area contributed by atoms with Crippen LogP contribution >= 0.6 is 0 Å². The molecule has 1 saturated heterocycles. The normalized spacial score (nSPS) is 17.5. The molecule has 0 aliphatic carbocycles. The molecule has 2 amide bonds. The highest BCUT2D eigenvalue weighted by molar-refractivity contribution is 5.97. The third kappa shape index (κ3) is 3.16. The number of carbonyl (C=O) groups excluding carboxylic acids is 2. The van der Waals surface area contributed by atoms with E-state index < -0.39 is 0 Å². The first-order valence-corrected chi connectivity index (χ1v) is 7.84. The van der Waals surface area contributed by atoms with Crippen molar-refractivity contribution in [3.63, 3.8) is 0 Å². The molecular weight excluding hydrogens is 294 g/mol. The van der Waals surface area contributed by atoms with Crippen LogP contribution in [0.25, 0.3) is 0 Å². The standard InChI is InChI=1S/C17H21N3O3/c1-11-9-13(12(2)23-11)17(22)19-10-16(21)20-8-4-6-15(20)14-5-3-7-18-14/h3,5,7,9,15,18H,4,6,8,10H2,1-2H3,(H,19,22)/t15-/m1/s1. The van der Waals surface area contributed by atoms with Gasteiger partial charge in [-0.3, -0.25) is 9.59 Å². The predicted octanol–water partition coefficient (Wildman–Crippen LogP) is 2.32.